The second-order valence-electron chi connectivity index (χ2n) is 3.96. The number of thiazole rings is 1. The van der Waals surface area contributed by atoms with Gasteiger partial charge in [-0.05, 0) is 13.8 Å². The Morgan fingerprint density at radius 1 is 1.56 bits per heavy atom. The maximum atomic E-state index is 11.9. The number of hydrogen-bond acceptors (Lipinski definition) is 5. The Balaban J connectivity index is 2.63. The van der Waals surface area contributed by atoms with Gasteiger partial charge in [-0.15, -0.1) is 0 Å². The van der Waals surface area contributed by atoms with Gasteiger partial charge in [0.15, 0.2) is 10.2 Å². The summed E-state index contributed by atoms with van der Waals surface area (Å²) in [4.78, 5) is 15.9. The van der Waals surface area contributed by atoms with Crippen LogP contribution in [0.5, 0.6) is 5.06 Å². The Kier molecular flexibility index (Phi) is 4.26. The van der Waals surface area contributed by atoms with Crippen molar-refractivity contribution in [2.45, 2.75) is 13.8 Å². The number of aromatic nitrogens is 1. The molecule has 0 aliphatic heterocycles. The molecule has 0 saturated heterocycles. The number of rotatable bonds is 5. The van der Waals surface area contributed by atoms with Gasteiger partial charge in [0.1, 0.15) is 0 Å². The number of amides is 1. The molecule has 0 unspecified atom stereocenters. The predicted octanol–water partition coefficient (Wildman–Crippen LogP) is 1.76. The van der Waals surface area contributed by atoms with Crippen molar-refractivity contribution < 1.29 is 14.3 Å². The lowest BCUT2D eigenvalue weighted by Crippen LogP contribution is -2.34. The largest absolute Gasteiger partial charge is 0.486 e. The van der Waals surface area contributed by atoms with Crippen molar-refractivity contribution in [1.29, 1.82) is 0 Å². The molecule has 1 aromatic rings. The number of ether oxygens (including phenoxy) is 2. The van der Waals surface area contributed by atoms with Crippen molar-refractivity contribution in [3.05, 3.63) is 6.20 Å². The van der Waals surface area contributed by atoms with Crippen LogP contribution < -0.4 is 10.1 Å². The Labute approximate surface area is 98.8 Å². The molecule has 0 saturated carbocycles. The third-order valence-electron chi connectivity index (χ3n) is 2.03. The van der Waals surface area contributed by atoms with Crippen LogP contribution in [0.25, 0.3) is 0 Å². The Morgan fingerprint density at radius 2 is 2.25 bits per heavy atom. The van der Waals surface area contributed by atoms with E-state index in [4.69, 9.17) is 9.47 Å². The minimum Gasteiger partial charge on any atom is -0.486 e. The average molecular weight is 244 g/mol. The van der Waals surface area contributed by atoms with Gasteiger partial charge >= 0.3 is 0 Å². The van der Waals surface area contributed by atoms with E-state index in [-0.39, 0.29) is 5.91 Å². The van der Waals surface area contributed by atoms with Gasteiger partial charge < -0.3 is 14.8 Å². The fourth-order valence-electron chi connectivity index (χ4n) is 1.10. The fraction of sp³-hybridized carbons (Fsp3) is 0.600. The number of carbonyl (C=O) groups excluding carboxylic acids is 1. The molecule has 16 heavy (non-hydrogen) atoms. The second-order valence-corrected chi connectivity index (χ2v) is 4.95. The molecule has 1 N–H and O–H groups in total. The maximum Gasteiger partial charge on any atom is 0.234 e. The predicted molar refractivity (Wildman–Crippen MR) is 63.0 cm³/mol. The first-order valence-electron chi connectivity index (χ1n) is 4.80. The van der Waals surface area contributed by atoms with Gasteiger partial charge in [0.2, 0.25) is 5.91 Å². The van der Waals surface area contributed by atoms with Crippen molar-refractivity contribution in [2.75, 3.05) is 26.1 Å². The normalized spacial score (nSPS) is 11.2. The highest BCUT2D eigenvalue weighted by Gasteiger charge is 2.28. The van der Waals surface area contributed by atoms with Crippen LogP contribution >= 0.6 is 11.3 Å². The lowest BCUT2D eigenvalue weighted by atomic mass is 9.94. The topological polar surface area (TPSA) is 60.5 Å². The minimum absolute atomic E-state index is 0.119. The molecule has 6 heteroatoms. The van der Waals surface area contributed by atoms with Crippen molar-refractivity contribution >= 4 is 22.4 Å². The molecule has 1 amide bonds. The molecule has 0 aliphatic rings. The van der Waals surface area contributed by atoms with E-state index in [1.807, 2.05) is 13.8 Å². The first kappa shape index (κ1) is 12.9. The fourth-order valence-corrected chi connectivity index (χ4v) is 1.73. The van der Waals surface area contributed by atoms with Gasteiger partial charge in [-0.3, -0.25) is 4.79 Å². The highest BCUT2D eigenvalue weighted by molar-refractivity contribution is 7.17. The Hall–Kier alpha value is -1.14. The van der Waals surface area contributed by atoms with Gasteiger partial charge in [-0.1, -0.05) is 11.3 Å². The van der Waals surface area contributed by atoms with Crippen LogP contribution in [0.1, 0.15) is 13.8 Å². The van der Waals surface area contributed by atoms with E-state index in [2.05, 4.69) is 10.3 Å². The van der Waals surface area contributed by atoms with E-state index in [9.17, 15) is 4.79 Å². The number of hydrogen-bond donors (Lipinski definition) is 1. The van der Waals surface area contributed by atoms with Gasteiger partial charge in [-0.25, -0.2) is 4.98 Å². The number of methoxy groups -OCH3 is 2. The zero-order valence-electron chi connectivity index (χ0n) is 9.86. The van der Waals surface area contributed by atoms with Crippen LogP contribution in [0.15, 0.2) is 6.20 Å². The monoisotopic (exact) mass is 244 g/mol. The Morgan fingerprint density at radius 3 is 2.75 bits per heavy atom. The summed E-state index contributed by atoms with van der Waals surface area (Å²) in [7, 11) is 3.13. The van der Waals surface area contributed by atoms with Gasteiger partial charge in [0, 0.05) is 7.11 Å². The molecule has 5 nitrogen and oxygen atoms in total. The van der Waals surface area contributed by atoms with Crippen molar-refractivity contribution in [1.82, 2.24) is 4.98 Å². The molecule has 0 aliphatic carbocycles. The zero-order valence-corrected chi connectivity index (χ0v) is 10.7. The molecule has 0 bridgehead atoms. The third-order valence-corrected chi connectivity index (χ3v) is 2.90. The molecule has 0 spiro atoms. The maximum absolute atomic E-state index is 11.9. The smallest absolute Gasteiger partial charge is 0.234 e. The van der Waals surface area contributed by atoms with Crippen LogP contribution in [0.2, 0.25) is 0 Å². The molecular formula is C10H16N2O3S. The van der Waals surface area contributed by atoms with Gasteiger partial charge in [0.25, 0.3) is 0 Å². The van der Waals surface area contributed by atoms with E-state index >= 15 is 0 Å². The number of anilines is 1. The second kappa shape index (κ2) is 5.27. The minimum atomic E-state index is -0.576. The summed E-state index contributed by atoms with van der Waals surface area (Å²) in [6.07, 6.45) is 1.57. The molecule has 1 aromatic heterocycles. The third kappa shape index (κ3) is 3.18. The summed E-state index contributed by atoms with van der Waals surface area (Å²) in [5, 5.41) is 3.93. The molecule has 0 fully saturated rings. The standard InChI is InChI=1S/C10H16N2O3S/c1-10(2,6-14-3)8(13)12-9-11-5-7(15-4)16-9/h5H,6H2,1-4H3,(H,11,12,13). The summed E-state index contributed by atoms with van der Waals surface area (Å²) in [6.45, 7) is 3.99. The summed E-state index contributed by atoms with van der Waals surface area (Å²) in [5.41, 5.74) is -0.576. The number of nitrogens with zero attached hydrogens (tertiary/aromatic N) is 1. The Bertz CT molecular complexity index is 363. The van der Waals surface area contributed by atoms with Crippen LogP contribution in [0, 0.1) is 5.41 Å². The van der Waals surface area contributed by atoms with E-state index in [1.54, 1.807) is 20.4 Å². The van der Waals surface area contributed by atoms with Gasteiger partial charge in [-0.2, -0.15) is 0 Å². The molecule has 1 heterocycles. The molecule has 0 atom stereocenters. The van der Waals surface area contributed by atoms with Crippen LogP contribution in [-0.4, -0.2) is 31.7 Å². The van der Waals surface area contributed by atoms with Crippen molar-refractivity contribution in [2.24, 2.45) is 5.41 Å². The van der Waals surface area contributed by atoms with E-state index < -0.39 is 5.41 Å². The van der Waals surface area contributed by atoms with Crippen molar-refractivity contribution in [3.8, 4) is 5.06 Å². The van der Waals surface area contributed by atoms with E-state index in [0.717, 1.165) is 0 Å². The summed E-state index contributed by atoms with van der Waals surface area (Å²) < 4.78 is 9.98. The quantitative estimate of drug-likeness (QED) is 0.857. The lowest BCUT2D eigenvalue weighted by molar-refractivity contribution is -0.126. The van der Waals surface area contributed by atoms with E-state index in [1.165, 1.54) is 11.3 Å². The SMILES string of the molecule is COCC(C)(C)C(=O)Nc1ncc(OC)s1. The highest BCUT2D eigenvalue weighted by atomic mass is 32.1. The van der Waals surface area contributed by atoms with Crippen molar-refractivity contribution in [3.63, 3.8) is 0 Å². The van der Waals surface area contributed by atoms with Crippen LogP contribution in [0.3, 0.4) is 0 Å². The average Bonchev–Trinajstić information content (AvgIpc) is 2.65. The molecule has 0 radical (unpaired) electrons. The molecule has 0 aromatic carbocycles. The first-order valence-corrected chi connectivity index (χ1v) is 5.61. The first-order chi connectivity index (χ1) is 7.49. The van der Waals surface area contributed by atoms with Gasteiger partial charge in [0.05, 0.1) is 25.3 Å². The van der Waals surface area contributed by atoms with Crippen LogP contribution in [-0.2, 0) is 9.53 Å². The summed E-state index contributed by atoms with van der Waals surface area (Å²) >= 11 is 1.29. The van der Waals surface area contributed by atoms with E-state index in [0.29, 0.717) is 16.8 Å². The number of carbonyl (C=O) groups is 1. The summed E-state index contributed by atoms with van der Waals surface area (Å²) in [6, 6.07) is 0. The summed E-state index contributed by atoms with van der Waals surface area (Å²) in [5.74, 6) is -0.119. The number of nitrogens with one attached hydrogen (secondary N) is 1. The van der Waals surface area contributed by atoms with Crippen LogP contribution in [0.4, 0.5) is 5.13 Å². The molecule has 90 valence electrons. The highest BCUT2D eigenvalue weighted by Crippen LogP contribution is 2.26. The molecular weight excluding hydrogens is 228 g/mol. The molecule has 1 rings (SSSR count). The lowest BCUT2D eigenvalue weighted by Gasteiger charge is -2.21. The zero-order chi connectivity index (χ0) is 12.2.